The average molecular weight is 340 g/mol. The molecule has 0 radical (unpaired) electrons. The fourth-order valence-electron chi connectivity index (χ4n) is 2.70. The molecule has 1 aromatic carbocycles. The van der Waals surface area contributed by atoms with E-state index in [1.807, 2.05) is 0 Å². The summed E-state index contributed by atoms with van der Waals surface area (Å²) >= 11 is 0. The third-order valence-corrected chi connectivity index (χ3v) is 3.98. The zero-order chi connectivity index (χ0) is 17.3. The van der Waals surface area contributed by atoms with Crippen LogP contribution in [0.15, 0.2) is 22.7 Å². The van der Waals surface area contributed by atoms with Gasteiger partial charge in [0, 0.05) is 42.9 Å². The number of carbonyl (C=O) groups is 1. The van der Waals surface area contributed by atoms with Crippen molar-refractivity contribution in [2.75, 3.05) is 24.1 Å². The number of aromatic nitrogens is 1. The molecular formula is C15H15F3N4O2. The Morgan fingerprint density at radius 2 is 1.83 bits per heavy atom. The Bertz CT molecular complexity index is 734. The van der Waals surface area contributed by atoms with Gasteiger partial charge in [0.1, 0.15) is 0 Å². The number of hydrogen-bond donors (Lipinski definition) is 2. The highest BCUT2D eigenvalue weighted by atomic mass is 19.2. The second-order valence-electron chi connectivity index (χ2n) is 5.60. The van der Waals surface area contributed by atoms with Crippen LogP contribution in [0.3, 0.4) is 0 Å². The zero-order valence-electron chi connectivity index (χ0n) is 12.6. The third-order valence-electron chi connectivity index (χ3n) is 3.98. The Balaban J connectivity index is 1.59. The summed E-state index contributed by atoms with van der Waals surface area (Å²) in [6.45, 7) is 0.880. The molecule has 1 fully saturated rings. The van der Waals surface area contributed by atoms with Crippen molar-refractivity contribution in [1.82, 2.24) is 10.1 Å². The van der Waals surface area contributed by atoms with E-state index in [4.69, 9.17) is 10.3 Å². The second kappa shape index (κ2) is 6.42. The Morgan fingerprint density at radius 1 is 1.21 bits per heavy atom. The summed E-state index contributed by atoms with van der Waals surface area (Å²) in [5.74, 6) is -3.90. The van der Waals surface area contributed by atoms with Gasteiger partial charge in [0.2, 0.25) is 5.88 Å². The van der Waals surface area contributed by atoms with Crippen LogP contribution >= 0.6 is 0 Å². The van der Waals surface area contributed by atoms with E-state index in [2.05, 4.69) is 10.5 Å². The number of carbonyl (C=O) groups excluding carboxylic acids is 1. The molecule has 2 amide bonds. The Labute approximate surface area is 135 Å². The molecule has 1 aliphatic rings. The number of anilines is 2. The molecular weight excluding hydrogens is 325 g/mol. The molecule has 0 spiro atoms. The predicted molar refractivity (Wildman–Crippen MR) is 79.8 cm³/mol. The molecule has 0 bridgehead atoms. The lowest BCUT2D eigenvalue weighted by molar-refractivity contribution is 0.193. The number of nitrogens with one attached hydrogen (secondary N) is 1. The van der Waals surface area contributed by atoms with Crippen LogP contribution in [0.5, 0.6) is 0 Å². The van der Waals surface area contributed by atoms with Crippen LogP contribution in [0.25, 0.3) is 0 Å². The van der Waals surface area contributed by atoms with E-state index in [0.29, 0.717) is 25.9 Å². The average Bonchev–Trinajstić information content (AvgIpc) is 2.99. The maximum absolute atomic E-state index is 13.2. The van der Waals surface area contributed by atoms with Gasteiger partial charge < -0.3 is 20.5 Å². The van der Waals surface area contributed by atoms with Gasteiger partial charge in [-0.1, -0.05) is 5.16 Å². The van der Waals surface area contributed by atoms with Crippen LogP contribution in [-0.4, -0.2) is 29.2 Å². The molecule has 1 aliphatic heterocycles. The minimum absolute atomic E-state index is 0.135. The van der Waals surface area contributed by atoms with Crippen molar-refractivity contribution in [2.45, 2.75) is 18.8 Å². The van der Waals surface area contributed by atoms with E-state index in [0.717, 1.165) is 17.8 Å². The molecule has 2 aromatic rings. The second-order valence-corrected chi connectivity index (χ2v) is 5.60. The Hall–Kier alpha value is -2.71. The largest absolute Gasteiger partial charge is 0.368 e. The van der Waals surface area contributed by atoms with Gasteiger partial charge in [0.15, 0.2) is 17.5 Å². The van der Waals surface area contributed by atoms with E-state index in [1.165, 1.54) is 4.90 Å². The molecule has 3 rings (SSSR count). The van der Waals surface area contributed by atoms with Gasteiger partial charge >= 0.3 is 6.03 Å². The molecule has 0 atom stereocenters. The van der Waals surface area contributed by atoms with Gasteiger partial charge in [-0.2, -0.15) is 0 Å². The van der Waals surface area contributed by atoms with Crippen molar-refractivity contribution in [3.63, 3.8) is 0 Å². The lowest BCUT2D eigenvalue weighted by atomic mass is 9.94. The Kier molecular flexibility index (Phi) is 4.32. The van der Waals surface area contributed by atoms with Crippen molar-refractivity contribution in [2.24, 2.45) is 0 Å². The van der Waals surface area contributed by atoms with E-state index < -0.39 is 23.5 Å². The maximum Gasteiger partial charge on any atom is 0.321 e. The third kappa shape index (κ3) is 3.29. The van der Waals surface area contributed by atoms with E-state index in [-0.39, 0.29) is 17.5 Å². The lowest BCUT2D eigenvalue weighted by Gasteiger charge is -2.31. The van der Waals surface area contributed by atoms with Gasteiger partial charge in [0.05, 0.1) is 5.69 Å². The SMILES string of the molecule is Nc1cc(C2CCN(C(=O)Nc3cc(F)c(F)c(F)c3)CC2)no1. The number of urea groups is 1. The van der Waals surface area contributed by atoms with Crippen molar-refractivity contribution >= 4 is 17.6 Å². The van der Waals surface area contributed by atoms with Gasteiger partial charge in [0.25, 0.3) is 0 Å². The fraction of sp³-hybridized carbons (Fsp3) is 0.333. The van der Waals surface area contributed by atoms with Crippen LogP contribution in [0, 0.1) is 17.5 Å². The number of benzene rings is 1. The summed E-state index contributed by atoms with van der Waals surface area (Å²) in [6, 6.07) is 2.63. The molecule has 9 heteroatoms. The predicted octanol–water partition coefficient (Wildman–Crippen LogP) is 3.09. The first-order valence-corrected chi connectivity index (χ1v) is 7.36. The monoisotopic (exact) mass is 340 g/mol. The van der Waals surface area contributed by atoms with Crippen molar-refractivity contribution < 1.29 is 22.5 Å². The quantitative estimate of drug-likeness (QED) is 0.823. The number of amides is 2. The molecule has 6 nitrogen and oxygen atoms in total. The van der Waals surface area contributed by atoms with Crippen LogP contribution in [0.2, 0.25) is 0 Å². The number of nitrogens with zero attached hydrogens (tertiary/aromatic N) is 2. The van der Waals surface area contributed by atoms with Gasteiger partial charge in [-0.25, -0.2) is 18.0 Å². The van der Waals surface area contributed by atoms with Crippen LogP contribution in [-0.2, 0) is 0 Å². The van der Waals surface area contributed by atoms with Gasteiger partial charge in [-0.3, -0.25) is 0 Å². The van der Waals surface area contributed by atoms with Crippen LogP contribution in [0.4, 0.5) is 29.5 Å². The number of likely N-dealkylation sites (tertiary alicyclic amines) is 1. The Morgan fingerprint density at radius 3 is 2.38 bits per heavy atom. The highest BCUT2D eigenvalue weighted by Crippen LogP contribution is 2.28. The summed E-state index contributed by atoms with van der Waals surface area (Å²) in [5, 5.41) is 6.23. The minimum Gasteiger partial charge on any atom is -0.368 e. The number of hydrogen-bond acceptors (Lipinski definition) is 4. The minimum atomic E-state index is -1.57. The highest BCUT2D eigenvalue weighted by Gasteiger charge is 2.26. The summed E-state index contributed by atoms with van der Waals surface area (Å²) in [6.07, 6.45) is 1.32. The molecule has 24 heavy (non-hydrogen) atoms. The number of rotatable bonds is 2. The molecule has 128 valence electrons. The molecule has 3 N–H and O–H groups in total. The summed E-state index contributed by atoms with van der Waals surface area (Å²) in [4.78, 5) is 13.7. The van der Waals surface area contributed by atoms with Crippen molar-refractivity contribution in [3.8, 4) is 0 Å². The maximum atomic E-state index is 13.2. The number of nitrogens with two attached hydrogens (primary N) is 1. The number of halogens is 3. The molecule has 0 aliphatic carbocycles. The topological polar surface area (TPSA) is 84.4 Å². The number of nitrogen functional groups attached to an aromatic ring is 1. The van der Waals surface area contributed by atoms with Crippen LogP contribution in [0.1, 0.15) is 24.5 Å². The normalized spacial score (nSPS) is 15.5. The lowest BCUT2D eigenvalue weighted by Crippen LogP contribution is -2.40. The zero-order valence-corrected chi connectivity index (χ0v) is 12.6. The fourth-order valence-corrected chi connectivity index (χ4v) is 2.70. The van der Waals surface area contributed by atoms with Crippen molar-refractivity contribution in [3.05, 3.63) is 41.3 Å². The summed E-state index contributed by atoms with van der Waals surface area (Å²) < 4.78 is 44.1. The van der Waals surface area contributed by atoms with Crippen LogP contribution < -0.4 is 11.1 Å². The first-order chi connectivity index (χ1) is 11.4. The standard InChI is InChI=1S/C15H15F3N4O2/c16-10-5-9(6-11(17)14(10)18)20-15(23)22-3-1-8(2-4-22)12-7-13(19)24-21-12/h5-8H,1-4,19H2,(H,20,23). The van der Waals surface area contributed by atoms with E-state index >= 15 is 0 Å². The van der Waals surface area contributed by atoms with Gasteiger partial charge in [-0.15, -0.1) is 0 Å². The van der Waals surface area contributed by atoms with Crippen molar-refractivity contribution in [1.29, 1.82) is 0 Å². The molecule has 1 saturated heterocycles. The molecule has 0 unspecified atom stereocenters. The highest BCUT2D eigenvalue weighted by molar-refractivity contribution is 5.89. The summed E-state index contributed by atoms with van der Waals surface area (Å²) in [5.41, 5.74) is 6.10. The van der Waals surface area contributed by atoms with Gasteiger partial charge in [-0.05, 0) is 12.8 Å². The van der Waals surface area contributed by atoms with E-state index in [9.17, 15) is 18.0 Å². The first-order valence-electron chi connectivity index (χ1n) is 7.36. The first kappa shape index (κ1) is 16.2. The number of piperidine rings is 1. The summed E-state index contributed by atoms with van der Waals surface area (Å²) in [7, 11) is 0. The molecule has 2 heterocycles. The van der Waals surface area contributed by atoms with E-state index in [1.54, 1.807) is 6.07 Å². The molecule has 1 aromatic heterocycles. The molecule has 0 saturated carbocycles. The smallest absolute Gasteiger partial charge is 0.321 e.